The molecular formula is C26H29N5O6. The number of amides is 3. The van der Waals surface area contributed by atoms with Gasteiger partial charge in [0.05, 0.1) is 12.7 Å². The number of aliphatic hydroxyl groups excluding tert-OH is 1. The van der Waals surface area contributed by atoms with Gasteiger partial charge in [0.25, 0.3) is 17.7 Å². The van der Waals surface area contributed by atoms with Gasteiger partial charge in [-0.3, -0.25) is 14.4 Å². The van der Waals surface area contributed by atoms with Crippen molar-refractivity contribution < 1.29 is 29.0 Å². The topological polar surface area (TPSA) is 150 Å². The summed E-state index contributed by atoms with van der Waals surface area (Å²) in [6, 6.07) is 11.9. The minimum Gasteiger partial charge on any atom is -0.385 e. The van der Waals surface area contributed by atoms with E-state index in [-0.39, 0.29) is 25.2 Å². The molecule has 0 saturated carbocycles. The number of rotatable bonds is 6. The number of methoxy groups -OCH3 is 1. The van der Waals surface area contributed by atoms with E-state index in [1.54, 1.807) is 60.7 Å². The van der Waals surface area contributed by atoms with Gasteiger partial charge >= 0.3 is 0 Å². The normalized spacial score (nSPS) is 20.9. The Balaban J connectivity index is 1.27. The van der Waals surface area contributed by atoms with E-state index in [9.17, 15) is 19.5 Å². The van der Waals surface area contributed by atoms with Crippen LogP contribution in [0.1, 0.15) is 16.8 Å². The molecule has 11 nitrogen and oxygen atoms in total. The molecule has 3 atom stereocenters. The van der Waals surface area contributed by atoms with Gasteiger partial charge in [0.1, 0.15) is 5.82 Å². The molecule has 0 unspecified atom stereocenters. The van der Waals surface area contributed by atoms with Crippen molar-refractivity contribution in [2.24, 2.45) is 0 Å². The Bertz CT molecular complexity index is 1340. The van der Waals surface area contributed by atoms with Gasteiger partial charge in [0.2, 0.25) is 0 Å². The van der Waals surface area contributed by atoms with Crippen LogP contribution in [0.25, 0.3) is 10.8 Å². The summed E-state index contributed by atoms with van der Waals surface area (Å²) in [7, 11) is 1.63. The lowest BCUT2D eigenvalue weighted by Gasteiger charge is -2.34. The van der Waals surface area contributed by atoms with Crippen LogP contribution in [-0.4, -0.2) is 84.4 Å². The first-order valence-corrected chi connectivity index (χ1v) is 12.1. The van der Waals surface area contributed by atoms with Crippen LogP contribution in [0.5, 0.6) is 0 Å². The number of anilines is 3. The number of carbonyl (C=O) groups excluding carboxylic acids is 3. The van der Waals surface area contributed by atoms with Gasteiger partial charge in [-0.15, -0.1) is 0 Å². The highest BCUT2D eigenvalue weighted by Gasteiger charge is 2.39. The maximum absolute atomic E-state index is 13.3. The second-order valence-electron chi connectivity index (χ2n) is 9.17. The zero-order valence-corrected chi connectivity index (χ0v) is 20.3. The maximum Gasteiger partial charge on any atom is 0.259 e. The number of nitrogens with one attached hydrogen (secondary N) is 2. The second-order valence-corrected chi connectivity index (χ2v) is 9.17. The van der Waals surface area contributed by atoms with Crippen molar-refractivity contribution in [2.75, 3.05) is 49.3 Å². The molecular weight excluding hydrogens is 478 g/mol. The monoisotopic (exact) mass is 507 g/mol. The molecule has 11 heteroatoms. The lowest BCUT2D eigenvalue weighted by molar-refractivity contribution is -0.150. The fourth-order valence-electron chi connectivity index (χ4n) is 4.78. The minimum absolute atomic E-state index is 0.0180. The minimum atomic E-state index is -1.73. The Morgan fingerprint density at radius 3 is 2.86 bits per heavy atom. The van der Waals surface area contributed by atoms with Gasteiger partial charge in [-0.2, -0.15) is 0 Å². The van der Waals surface area contributed by atoms with E-state index in [0.29, 0.717) is 35.8 Å². The predicted molar refractivity (Wildman–Crippen MR) is 137 cm³/mol. The van der Waals surface area contributed by atoms with Crippen molar-refractivity contribution >= 4 is 45.7 Å². The molecule has 194 valence electrons. The number of aromatic nitrogens is 1. The smallest absolute Gasteiger partial charge is 0.259 e. The zero-order chi connectivity index (χ0) is 26.1. The molecule has 5 rings (SSSR count). The fraction of sp³-hybridized carbons (Fsp3) is 0.346. The summed E-state index contributed by atoms with van der Waals surface area (Å²) in [4.78, 5) is 45.1. The Morgan fingerprint density at radius 1 is 1.24 bits per heavy atom. The third-order valence-corrected chi connectivity index (χ3v) is 6.84. The van der Waals surface area contributed by atoms with Gasteiger partial charge < -0.3 is 40.4 Å². The summed E-state index contributed by atoms with van der Waals surface area (Å²) in [5.74, 6) is -0.958. The molecule has 2 aromatic carbocycles. The van der Waals surface area contributed by atoms with Gasteiger partial charge in [-0.1, -0.05) is 6.07 Å². The Kier molecular flexibility index (Phi) is 6.83. The zero-order valence-electron chi connectivity index (χ0n) is 20.3. The van der Waals surface area contributed by atoms with Gasteiger partial charge in [0.15, 0.2) is 12.2 Å². The number of H-pyrrole nitrogens is 1. The van der Waals surface area contributed by atoms with E-state index in [1.807, 2.05) is 0 Å². The molecule has 2 fully saturated rings. The van der Waals surface area contributed by atoms with Crippen LogP contribution >= 0.6 is 0 Å². The average Bonchev–Trinajstić information content (AvgIpc) is 3.54. The standard InChI is InChI=1S/C26H29N5O6/c1-36-19-7-8-30(14-19)25(34)15-3-2-4-18(12-15)31-9-10-37-22(26(31)35)21(32)24(33)29-17-5-6-20-16(11-17)13-28-23(20)27/h2-6,11-13,19,21-22,28,32H,7-10,14,27H2,1H3,(H,29,33)/t19-,21-,22-/m1/s1. The summed E-state index contributed by atoms with van der Waals surface area (Å²) in [6.45, 7) is 1.47. The van der Waals surface area contributed by atoms with Crippen molar-refractivity contribution in [3.05, 3.63) is 54.2 Å². The third-order valence-electron chi connectivity index (χ3n) is 6.84. The maximum atomic E-state index is 13.3. The van der Waals surface area contributed by atoms with E-state index in [4.69, 9.17) is 15.2 Å². The number of nitrogen functional groups attached to an aromatic ring is 1. The number of morpholine rings is 1. The summed E-state index contributed by atoms with van der Waals surface area (Å²) in [6.07, 6.45) is -0.618. The summed E-state index contributed by atoms with van der Waals surface area (Å²) in [5, 5.41) is 14.9. The molecule has 37 heavy (non-hydrogen) atoms. The quantitative estimate of drug-likeness (QED) is 0.393. The molecule has 3 amide bonds. The van der Waals surface area contributed by atoms with Crippen molar-refractivity contribution in [3.63, 3.8) is 0 Å². The molecule has 2 saturated heterocycles. The molecule has 0 spiro atoms. The van der Waals surface area contributed by atoms with Crippen molar-refractivity contribution in [2.45, 2.75) is 24.7 Å². The first kappa shape index (κ1) is 24.8. The Labute approximate surface area is 213 Å². The number of ether oxygens (including phenoxy) is 2. The highest BCUT2D eigenvalue weighted by molar-refractivity contribution is 6.05. The van der Waals surface area contributed by atoms with Crippen molar-refractivity contribution in [1.29, 1.82) is 0 Å². The van der Waals surface area contributed by atoms with E-state index in [2.05, 4.69) is 10.3 Å². The van der Waals surface area contributed by atoms with E-state index >= 15 is 0 Å². The lowest BCUT2D eigenvalue weighted by atomic mass is 10.1. The molecule has 0 radical (unpaired) electrons. The van der Waals surface area contributed by atoms with E-state index < -0.39 is 24.0 Å². The first-order chi connectivity index (χ1) is 17.9. The van der Waals surface area contributed by atoms with Gasteiger partial charge in [-0.05, 0) is 42.8 Å². The molecule has 0 aliphatic carbocycles. The number of aliphatic hydroxyl groups is 1. The number of hydrogen-bond acceptors (Lipinski definition) is 7. The summed E-state index contributed by atoms with van der Waals surface area (Å²) in [5.41, 5.74) is 7.24. The summed E-state index contributed by atoms with van der Waals surface area (Å²) >= 11 is 0. The van der Waals surface area contributed by atoms with Crippen LogP contribution in [0.3, 0.4) is 0 Å². The largest absolute Gasteiger partial charge is 0.385 e. The first-order valence-electron chi connectivity index (χ1n) is 12.1. The number of hydrogen-bond donors (Lipinski definition) is 4. The number of benzene rings is 2. The number of nitrogens with two attached hydrogens (primary N) is 1. The van der Waals surface area contributed by atoms with E-state index in [0.717, 1.165) is 17.2 Å². The van der Waals surface area contributed by atoms with Crippen LogP contribution in [0.2, 0.25) is 0 Å². The van der Waals surface area contributed by atoms with Crippen LogP contribution in [-0.2, 0) is 19.1 Å². The number of nitrogens with zero attached hydrogens (tertiary/aromatic N) is 2. The number of fused-ring (bicyclic) bond motifs is 1. The Morgan fingerprint density at radius 2 is 2.08 bits per heavy atom. The predicted octanol–water partition coefficient (Wildman–Crippen LogP) is 1.34. The second kappa shape index (κ2) is 10.2. The molecule has 5 N–H and O–H groups in total. The number of aromatic amines is 1. The van der Waals surface area contributed by atoms with Crippen LogP contribution in [0, 0.1) is 0 Å². The summed E-state index contributed by atoms with van der Waals surface area (Å²) < 4.78 is 10.9. The molecule has 3 heterocycles. The van der Waals surface area contributed by atoms with Gasteiger partial charge in [-0.25, -0.2) is 0 Å². The molecule has 2 aliphatic rings. The fourth-order valence-corrected chi connectivity index (χ4v) is 4.78. The number of likely N-dealkylation sites (tertiary alicyclic amines) is 1. The molecule has 0 bridgehead atoms. The lowest BCUT2D eigenvalue weighted by Crippen LogP contribution is -2.55. The highest BCUT2D eigenvalue weighted by atomic mass is 16.5. The SMILES string of the molecule is CO[C@@H]1CCN(C(=O)c2cccc(N3CCO[C@H]([C@@H](O)C(=O)Nc4ccc5c(N)[nH]cc5c4)C3=O)c2)C1. The highest BCUT2D eigenvalue weighted by Crippen LogP contribution is 2.26. The molecule has 2 aliphatic heterocycles. The van der Waals surface area contributed by atoms with Crippen LogP contribution in [0.4, 0.5) is 17.2 Å². The van der Waals surface area contributed by atoms with Gasteiger partial charge in [0, 0.05) is 60.7 Å². The van der Waals surface area contributed by atoms with Crippen LogP contribution < -0.4 is 16.0 Å². The van der Waals surface area contributed by atoms with Crippen LogP contribution in [0.15, 0.2) is 48.7 Å². The average molecular weight is 508 g/mol. The third kappa shape index (κ3) is 4.88. The van der Waals surface area contributed by atoms with E-state index in [1.165, 1.54) is 4.90 Å². The molecule has 3 aromatic rings. The molecule has 1 aromatic heterocycles. The Hall–Kier alpha value is -3.93. The van der Waals surface area contributed by atoms with Crippen molar-refractivity contribution in [3.8, 4) is 0 Å². The number of carbonyl (C=O) groups is 3. The van der Waals surface area contributed by atoms with Crippen molar-refractivity contribution in [1.82, 2.24) is 9.88 Å².